The van der Waals surface area contributed by atoms with Gasteiger partial charge in [0.2, 0.25) is 0 Å². The molecule has 3 unspecified atom stereocenters. The molecular weight excluding hydrogens is 334 g/mol. The zero-order chi connectivity index (χ0) is 19.4. The van der Waals surface area contributed by atoms with Gasteiger partial charge in [-0.1, -0.05) is 30.3 Å². The van der Waals surface area contributed by atoms with Gasteiger partial charge in [-0.05, 0) is 49.2 Å². The fourth-order valence-corrected chi connectivity index (χ4v) is 4.02. The van der Waals surface area contributed by atoms with E-state index in [4.69, 9.17) is 5.26 Å². The lowest BCUT2D eigenvalue weighted by Gasteiger charge is -2.47. The predicted octanol–water partition coefficient (Wildman–Crippen LogP) is 3.93. The summed E-state index contributed by atoms with van der Waals surface area (Å²) in [6.45, 7) is 11.2. The summed E-state index contributed by atoms with van der Waals surface area (Å²) in [6, 6.07) is 18.3. The van der Waals surface area contributed by atoms with Crippen molar-refractivity contribution in [3.05, 3.63) is 77.9 Å². The van der Waals surface area contributed by atoms with Crippen LogP contribution in [0.2, 0.25) is 0 Å². The monoisotopic (exact) mass is 361 g/mol. The number of phenols is 1. The Kier molecular flexibility index (Phi) is 5.95. The maximum atomic E-state index is 10.0. The van der Waals surface area contributed by atoms with Gasteiger partial charge in [-0.25, -0.2) is 0 Å². The van der Waals surface area contributed by atoms with E-state index in [1.807, 2.05) is 42.5 Å². The summed E-state index contributed by atoms with van der Waals surface area (Å²) in [5.41, 5.74) is 2.86. The number of hydrogen-bond donors (Lipinski definition) is 1. The molecule has 4 heteroatoms. The van der Waals surface area contributed by atoms with Crippen LogP contribution in [0.1, 0.15) is 36.6 Å². The second-order valence-corrected chi connectivity index (χ2v) is 7.37. The lowest BCUT2D eigenvalue weighted by Crippen LogP contribution is -2.57. The van der Waals surface area contributed by atoms with Crippen LogP contribution < -0.4 is 0 Å². The highest BCUT2D eigenvalue weighted by Gasteiger charge is 2.34. The average molecular weight is 361 g/mol. The van der Waals surface area contributed by atoms with Crippen molar-refractivity contribution in [3.8, 4) is 11.8 Å². The smallest absolute Gasteiger partial charge is 0.115 e. The third kappa shape index (κ3) is 4.21. The number of benzene rings is 2. The van der Waals surface area contributed by atoms with E-state index in [2.05, 4.69) is 42.4 Å². The van der Waals surface area contributed by atoms with E-state index in [9.17, 15) is 5.11 Å². The predicted molar refractivity (Wildman–Crippen MR) is 109 cm³/mol. The van der Waals surface area contributed by atoms with Crippen molar-refractivity contribution in [2.24, 2.45) is 0 Å². The fraction of sp³-hybridized carbons (Fsp3) is 0.348. The van der Waals surface area contributed by atoms with Crippen LogP contribution in [0.5, 0.6) is 5.75 Å². The standard InChI is InChI=1S/C23H27N3O/c1-4-12-25-15-18(3)26(16-17(25)2)23(21-6-5-7-22(27)13-21)20-10-8-19(14-24)9-11-20/h4-11,13,17-18,23,27H,1,12,15-16H2,2-3H3. The lowest BCUT2D eigenvalue weighted by molar-refractivity contribution is 0.0306. The van der Waals surface area contributed by atoms with Crippen LogP contribution in [-0.2, 0) is 0 Å². The molecule has 140 valence electrons. The molecule has 2 aromatic rings. The largest absolute Gasteiger partial charge is 0.508 e. The molecule has 1 N–H and O–H groups in total. The first-order chi connectivity index (χ1) is 13.0. The number of nitrogens with zero attached hydrogens (tertiary/aromatic N) is 3. The van der Waals surface area contributed by atoms with E-state index in [0.29, 0.717) is 17.6 Å². The normalized spacial score (nSPS) is 22.1. The second kappa shape index (κ2) is 8.39. The summed E-state index contributed by atoms with van der Waals surface area (Å²) >= 11 is 0. The summed E-state index contributed by atoms with van der Waals surface area (Å²) < 4.78 is 0. The summed E-state index contributed by atoms with van der Waals surface area (Å²) in [5.74, 6) is 0.275. The van der Waals surface area contributed by atoms with Crippen molar-refractivity contribution in [1.29, 1.82) is 5.26 Å². The van der Waals surface area contributed by atoms with Crippen molar-refractivity contribution in [2.45, 2.75) is 32.0 Å². The number of aromatic hydroxyl groups is 1. The molecule has 0 aliphatic carbocycles. The quantitative estimate of drug-likeness (QED) is 0.820. The van der Waals surface area contributed by atoms with Crippen LogP contribution in [0.4, 0.5) is 0 Å². The molecule has 0 saturated carbocycles. The van der Waals surface area contributed by atoms with E-state index in [1.165, 1.54) is 0 Å². The number of nitriles is 1. The number of piperazine rings is 1. The van der Waals surface area contributed by atoms with Gasteiger partial charge < -0.3 is 5.11 Å². The van der Waals surface area contributed by atoms with Crippen LogP contribution in [0.15, 0.2) is 61.2 Å². The maximum Gasteiger partial charge on any atom is 0.115 e. The van der Waals surface area contributed by atoms with E-state index in [1.54, 1.807) is 6.07 Å². The van der Waals surface area contributed by atoms with Gasteiger partial charge in [0, 0.05) is 31.7 Å². The van der Waals surface area contributed by atoms with Gasteiger partial charge in [0.1, 0.15) is 5.75 Å². The van der Waals surface area contributed by atoms with Crippen molar-refractivity contribution in [2.75, 3.05) is 19.6 Å². The minimum atomic E-state index is 0.0353. The Morgan fingerprint density at radius 3 is 2.52 bits per heavy atom. The summed E-state index contributed by atoms with van der Waals surface area (Å²) in [6.07, 6.45) is 1.96. The maximum absolute atomic E-state index is 10.0. The minimum Gasteiger partial charge on any atom is -0.508 e. The molecule has 27 heavy (non-hydrogen) atoms. The number of hydrogen-bond acceptors (Lipinski definition) is 4. The summed E-state index contributed by atoms with van der Waals surface area (Å²) in [7, 11) is 0. The topological polar surface area (TPSA) is 50.5 Å². The fourth-order valence-electron chi connectivity index (χ4n) is 4.02. The van der Waals surface area contributed by atoms with Crippen molar-refractivity contribution < 1.29 is 5.11 Å². The SMILES string of the molecule is C=CCN1CC(C)N(C(c2ccc(C#N)cc2)c2cccc(O)c2)CC1C. The molecule has 0 aromatic heterocycles. The minimum absolute atomic E-state index is 0.0353. The third-order valence-corrected chi connectivity index (χ3v) is 5.40. The molecule has 0 bridgehead atoms. The highest BCUT2D eigenvalue weighted by molar-refractivity contribution is 5.39. The Balaban J connectivity index is 1.99. The van der Waals surface area contributed by atoms with Crippen LogP contribution in [-0.4, -0.2) is 46.6 Å². The molecule has 1 aliphatic rings. The Morgan fingerprint density at radius 2 is 1.89 bits per heavy atom. The van der Waals surface area contributed by atoms with Crippen molar-refractivity contribution in [3.63, 3.8) is 0 Å². The molecule has 3 rings (SSSR count). The Labute approximate surface area is 162 Å². The molecule has 1 aliphatic heterocycles. The van der Waals surface area contributed by atoms with E-state index in [0.717, 1.165) is 30.8 Å². The summed E-state index contributed by atoms with van der Waals surface area (Å²) in [5, 5.41) is 19.2. The molecule has 3 atom stereocenters. The van der Waals surface area contributed by atoms with Gasteiger partial charge in [0.15, 0.2) is 0 Å². The van der Waals surface area contributed by atoms with Crippen molar-refractivity contribution in [1.82, 2.24) is 9.80 Å². The van der Waals surface area contributed by atoms with Crippen molar-refractivity contribution >= 4 is 0 Å². The number of phenolic OH excluding ortho intramolecular Hbond substituents is 1. The molecule has 0 spiro atoms. The molecule has 0 radical (unpaired) electrons. The van der Waals surface area contributed by atoms with E-state index < -0.39 is 0 Å². The number of rotatable bonds is 5. The van der Waals surface area contributed by atoms with Gasteiger partial charge in [0.25, 0.3) is 0 Å². The first kappa shape index (κ1) is 19.2. The molecular formula is C23H27N3O. The highest BCUT2D eigenvalue weighted by atomic mass is 16.3. The Bertz CT molecular complexity index is 824. The Morgan fingerprint density at radius 1 is 1.15 bits per heavy atom. The van der Waals surface area contributed by atoms with Crippen LogP contribution >= 0.6 is 0 Å². The van der Waals surface area contributed by atoms with Gasteiger partial charge in [0.05, 0.1) is 17.7 Å². The molecule has 0 amide bonds. The van der Waals surface area contributed by atoms with Crippen LogP contribution in [0.25, 0.3) is 0 Å². The third-order valence-electron chi connectivity index (χ3n) is 5.40. The first-order valence-corrected chi connectivity index (χ1v) is 9.43. The van der Waals surface area contributed by atoms with Gasteiger partial charge in [-0.3, -0.25) is 9.80 Å². The van der Waals surface area contributed by atoms with E-state index >= 15 is 0 Å². The first-order valence-electron chi connectivity index (χ1n) is 9.43. The lowest BCUT2D eigenvalue weighted by atomic mass is 9.93. The zero-order valence-corrected chi connectivity index (χ0v) is 16.0. The van der Waals surface area contributed by atoms with Gasteiger partial charge in [-0.2, -0.15) is 5.26 Å². The van der Waals surface area contributed by atoms with Gasteiger partial charge in [-0.15, -0.1) is 6.58 Å². The molecule has 2 aromatic carbocycles. The molecule has 4 nitrogen and oxygen atoms in total. The summed E-state index contributed by atoms with van der Waals surface area (Å²) in [4.78, 5) is 4.95. The van der Waals surface area contributed by atoms with Gasteiger partial charge >= 0.3 is 0 Å². The van der Waals surface area contributed by atoms with Crippen LogP contribution in [0, 0.1) is 11.3 Å². The Hall–Kier alpha value is -2.61. The second-order valence-electron chi connectivity index (χ2n) is 7.37. The van der Waals surface area contributed by atoms with E-state index in [-0.39, 0.29) is 11.8 Å². The zero-order valence-electron chi connectivity index (χ0n) is 16.0. The molecule has 1 fully saturated rings. The molecule has 1 saturated heterocycles. The molecule has 1 heterocycles. The average Bonchev–Trinajstić information content (AvgIpc) is 2.66. The van der Waals surface area contributed by atoms with Crippen LogP contribution in [0.3, 0.4) is 0 Å². The highest BCUT2D eigenvalue weighted by Crippen LogP contribution is 2.34.